The van der Waals surface area contributed by atoms with Crippen LogP contribution in [0.4, 0.5) is 10.5 Å². The van der Waals surface area contributed by atoms with Gasteiger partial charge in [-0.25, -0.2) is 9.59 Å². The smallest absolute Gasteiger partial charge is 0.410 e. The first kappa shape index (κ1) is 35.0. The van der Waals surface area contributed by atoms with Crippen molar-refractivity contribution >= 4 is 53.1 Å². The Balaban J connectivity index is 1.24. The van der Waals surface area contributed by atoms with E-state index in [9.17, 15) is 39.5 Å². The Hall–Kier alpha value is -3.34. The first-order valence-corrected chi connectivity index (χ1v) is 17.8. The van der Waals surface area contributed by atoms with Crippen LogP contribution in [0.3, 0.4) is 0 Å². The van der Waals surface area contributed by atoms with Crippen molar-refractivity contribution in [3.8, 4) is 0 Å². The van der Waals surface area contributed by atoms with Gasteiger partial charge in [0.05, 0.1) is 23.0 Å². The number of thioether (sulfide) groups is 2. The minimum atomic E-state index is -1.20. The number of likely N-dealkylation sites (N-methyl/N-ethyl adjacent to an activating group) is 1. The van der Waals surface area contributed by atoms with Crippen molar-refractivity contribution < 1.29 is 39.1 Å². The second-order valence-corrected chi connectivity index (χ2v) is 15.0. The minimum absolute atomic E-state index is 0.0538. The normalized spacial score (nSPS) is 26.7. The van der Waals surface area contributed by atoms with E-state index in [0.717, 1.165) is 13.1 Å². The van der Waals surface area contributed by atoms with Crippen LogP contribution in [-0.4, -0.2) is 133 Å². The lowest BCUT2D eigenvalue weighted by atomic mass is 9.79. The maximum atomic E-state index is 13.4. The third kappa shape index (κ3) is 7.55. The summed E-state index contributed by atoms with van der Waals surface area (Å²) in [6.45, 7) is 6.74. The summed E-state index contributed by atoms with van der Waals surface area (Å²) in [6.07, 6.45) is -0.502. The Kier molecular flexibility index (Phi) is 11.0. The number of hydrogen-bond donors (Lipinski definition) is 2. The average molecular weight is 692 g/mol. The van der Waals surface area contributed by atoms with Crippen LogP contribution in [0.2, 0.25) is 0 Å². The fourth-order valence-corrected chi connectivity index (χ4v) is 9.37. The maximum Gasteiger partial charge on any atom is 0.410 e. The summed E-state index contributed by atoms with van der Waals surface area (Å²) in [4.78, 5) is 69.3. The summed E-state index contributed by atoms with van der Waals surface area (Å²) in [5, 5.41) is 31.1. The number of aliphatic hydroxyl groups is 1. The number of carbonyl (C=O) groups excluding carboxylic acids is 3. The zero-order valence-electron chi connectivity index (χ0n) is 26.6. The number of carboxylic acids is 1. The molecule has 0 radical (unpaired) electrons. The number of nitrogens with zero attached hydrogens (tertiary/aromatic N) is 5. The van der Waals surface area contributed by atoms with Gasteiger partial charge in [-0.1, -0.05) is 6.92 Å². The standard InChI is InChI=1S/C31H41N5O9S2/c1-18-26-25(19(2)37)29(39)35(26)27(30(40)41)28(18)47-23-14-22(17-46-13-8-24(38)33-11-9-32(3)10-12-33)34(15-23)31(42)45-16-20-4-6-21(7-5-20)36(43)44/h4-7,18-19,22-23,25-26,37H,8-17H2,1-3H3,(H,40,41)/t18-,19-,22+,23+,25-,26?/m1/s1. The van der Waals surface area contributed by atoms with Crippen LogP contribution >= 0.6 is 23.5 Å². The summed E-state index contributed by atoms with van der Waals surface area (Å²) in [5.74, 6) is -1.29. The molecule has 256 valence electrons. The number of hydrogen-bond acceptors (Lipinski definition) is 11. The number of aliphatic hydroxyl groups excluding tert-OH is 1. The molecule has 47 heavy (non-hydrogen) atoms. The van der Waals surface area contributed by atoms with Gasteiger partial charge in [-0.3, -0.25) is 19.7 Å². The Bertz CT molecular complexity index is 1420. The number of carbonyl (C=O) groups is 4. The van der Waals surface area contributed by atoms with Crippen molar-refractivity contribution in [2.45, 2.75) is 56.7 Å². The number of aliphatic carboxylic acids is 1. The van der Waals surface area contributed by atoms with Crippen LogP contribution in [0, 0.1) is 22.0 Å². The fraction of sp³-hybridized carbons (Fsp3) is 0.613. The number of likely N-dealkylation sites (tertiary alicyclic amines) is 1. The lowest BCUT2D eigenvalue weighted by Gasteiger charge is -2.46. The highest BCUT2D eigenvalue weighted by Gasteiger charge is 2.60. The molecule has 1 unspecified atom stereocenters. The minimum Gasteiger partial charge on any atom is -0.477 e. The number of β-lactam (4-membered cyclic amide) rings is 1. The van der Waals surface area contributed by atoms with Gasteiger partial charge in [0.25, 0.3) is 5.69 Å². The van der Waals surface area contributed by atoms with Crippen LogP contribution in [0.15, 0.2) is 34.9 Å². The summed E-state index contributed by atoms with van der Waals surface area (Å²) < 4.78 is 5.62. The maximum absolute atomic E-state index is 13.4. The molecule has 4 aliphatic heterocycles. The Labute approximate surface area is 281 Å². The predicted molar refractivity (Wildman–Crippen MR) is 175 cm³/mol. The Morgan fingerprint density at radius 1 is 1.15 bits per heavy atom. The highest BCUT2D eigenvalue weighted by atomic mass is 32.2. The summed E-state index contributed by atoms with van der Waals surface area (Å²) in [7, 11) is 2.04. The third-order valence-electron chi connectivity index (χ3n) is 9.35. The molecule has 0 aromatic heterocycles. The Morgan fingerprint density at radius 2 is 1.83 bits per heavy atom. The first-order chi connectivity index (χ1) is 22.4. The van der Waals surface area contributed by atoms with E-state index in [4.69, 9.17) is 4.74 Å². The van der Waals surface area contributed by atoms with Crippen molar-refractivity contribution in [2.24, 2.45) is 11.8 Å². The number of piperazine rings is 1. The van der Waals surface area contributed by atoms with Crippen molar-refractivity contribution in [3.05, 3.63) is 50.5 Å². The quantitative estimate of drug-likeness (QED) is 0.142. The van der Waals surface area contributed by atoms with Gasteiger partial charge in [-0.05, 0) is 38.1 Å². The Morgan fingerprint density at radius 3 is 2.45 bits per heavy atom. The van der Waals surface area contributed by atoms with Crippen molar-refractivity contribution in [2.75, 3.05) is 51.3 Å². The van der Waals surface area contributed by atoms with E-state index in [1.807, 2.05) is 18.9 Å². The molecule has 3 amide bonds. The zero-order chi connectivity index (χ0) is 34.0. The number of ether oxygens (including phenoxy) is 1. The molecule has 0 spiro atoms. The van der Waals surface area contributed by atoms with Crippen LogP contribution < -0.4 is 0 Å². The van der Waals surface area contributed by atoms with Gasteiger partial charge in [-0.15, -0.1) is 11.8 Å². The lowest BCUT2D eigenvalue weighted by molar-refractivity contribution is -0.384. The molecule has 3 fully saturated rings. The second-order valence-electron chi connectivity index (χ2n) is 12.5. The number of non-ortho nitro benzene ring substituents is 1. The molecule has 1 aromatic carbocycles. The van der Waals surface area contributed by atoms with Gasteiger partial charge in [-0.2, -0.15) is 11.8 Å². The topological polar surface area (TPSA) is 174 Å². The largest absolute Gasteiger partial charge is 0.477 e. The van der Waals surface area contributed by atoms with Gasteiger partial charge in [0.1, 0.15) is 12.3 Å². The molecule has 3 saturated heterocycles. The first-order valence-electron chi connectivity index (χ1n) is 15.7. The second kappa shape index (κ2) is 14.8. The molecule has 5 rings (SSSR count). The van der Waals surface area contributed by atoms with Gasteiger partial charge in [0.15, 0.2) is 0 Å². The molecule has 4 aliphatic rings. The zero-order valence-corrected chi connectivity index (χ0v) is 28.3. The molecule has 2 N–H and O–H groups in total. The van der Waals surface area contributed by atoms with E-state index >= 15 is 0 Å². The van der Waals surface area contributed by atoms with Crippen molar-refractivity contribution in [1.29, 1.82) is 0 Å². The van der Waals surface area contributed by atoms with E-state index in [1.165, 1.54) is 47.9 Å². The number of carboxylic acid groups (broad SMARTS) is 1. The van der Waals surface area contributed by atoms with E-state index in [2.05, 4.69) is 4.90 Å². The van der Waals surface area contributed by atoms with Gasteiger partial charge < -0.3 is 34.5 Å². The van der Waals surface area contributed by atoms with Crippen molar-refractivity contribution in [1.82, 2.24) is 19.6 Å². The summed E-state index contributed by atoms with van der Waals surface area (Å²) in [5.41, 5.74) is 0.479. The van der Waals surface area contributed by atoms with Crippen LogP contribution in [0.25, 0.3) is 0 Å². The predicted octanol–water partition coefficient (Wildman–Crippen LogP) is 2.46. The molecule has 16 heteroatoms. The van der Waals surface area contributed by atoms with E-state index in [-0.39, 0.29) is 47.7 Å². The monoisotopic (exact) mass is 691 g/mol. The fourth-order valence-electron chi connectivity index (χ4n) is 6.73. The van der Waals surface area contributed by atoms with E-state index in [0.29, 0.717) is 47.9 Å². The summed E-state index contributed by atoms with van der Waals surface area (Å²) >= 11 is 2.95. The number of amides is 3. The molecule has 4 heterocycles. The van der Waals surface area contributed by atoms with Crippen LogP contribution in [0.1, 0.15) is 32.3 Å². The average Bonchev–Trinajstić information content (AvgIpc) is 3.54. The van der Waals surface area contributed by atoms with Gasteiger partial charge in [0, 0.05) is 84.9 Å². The third-order valence-corrected chi connectivity index (χ3v) is 12.0. The SMILES string of the molecule is C[C@H]1C(S[C@H]2C[C@@H](CSCCC(=O)N3CCN(C)CC3)N(C(=O)OCc3ccc([N+](=O)[O-])cc3)C2)=C(C(=O)O)N2C(=O)[C@H]([C@@H](C)O)C12. The number of benzene rings is 1. The van der Waals surface area contributed by atoms with Gasteiger partial charge >= 0.3 is 12.1 Å². The van der Waals surface area contributed by atoms with Crippen molar-refractivity contribution in [3.63, 3.8) is 0 Å². The molecule has 6 atom stereocenters. The molecule has 1 aromatic rings. The number of fused-ring (bicyclic) bond motifs is 1. The molecule has 14 nitrogen and oxygen atoms in total. The summed E-state index contributed by atoms with van der Waals surface area (Å²) in [6, 6.07) is 5.10. The number of nitro groups is 1. The number of rotatable bonds is 12. The van der Waals surface area contributed by atoms with Gasteiger partial charge in [0.2, 0.25) is 11.8 Å². The molecule has 0 bridgehead atoms. The van der Waals surface area contributed by atoms with E-state index < -0.39 is 41.0 Å². The highest BCUT2D eigenvalue weighted by Crippen LogP contribution is 2.52. The molecular weight excluding hydrogens is 651 g/mol. The number of nitro benzene ring substituents is 1. The van der Waals surface area contributed by atoms with Crippen LogP contribution in [0.5, 0.6) is 0 Å². The highest BCUT2D eigenvalue weighted by molar-refractivity contribution is 8.03. The molecule has 0 saturated carbocycles. The van der Waals surface area contributed by atoms with Crippen LogP contribution in [-0.2, 0) is 25.7 Å². The lowest BCUT2D eigenvalue weighted by Crippen LogP contribution is -2.63. The van der Waals surface area contributed by atoms with E-state index in [1.54, 1.807) is 16.7 Å². The molecule has 0 aliphatic carbocycles. The molecular formula is C31H41N5O9S2.